The van der Waals surface area contributed by atoms with E-state index in [0.29, 0.717) is 26.4 Å². The number of anilines is 2. The summed E-state index contributed by atoms with van der Waals surface area (Å²) >= 11 is 0. The van der Waals surface area contributed by atoms with Gasteiger partial charge in [-0.1, -0.05) is 121 Å². The van der Waals surface area contributed by atoms with E-state index >= 15 is 0 Å². The highest BCUT2D eigenvalue weighted by Crippen LogP contribution is 2.55. The van der Waals surface area contributed by atoms with E-state index in [1.807, 2.05) is 0 Å². The summed E-state index contributed by atoms with van der Waals surface area (Å²) in [4.78, 5) is 0. The molecule has 0 atom stereocenters. The Kier molecular flexibility index (Phi) is 14.6. The van der Waals surface area contributed by atoms with Crippen LogP contribution < -0.4 is 10.1 Å². The first-order valence-corrected chi connectivity index (χ1v) is 17.5. The van der Waals surface area contributed by atoms with Crippen molar-refractivity contribution in [2.45, 2.75) is 109 Å². The molecule has 0 heterocycles. The number of hydrogen-bond donors (Lipinski definition) is 1. The number of rotatable bonds is 23. The van der Waals surface area contributed by atoms with Gasteiger partial charge in [0.05, 0.1) is 19.8 Å². The van der Waals surface area contributed by atoms with Crippen molar-refractivity contribution in [2.75, 3.05) is 38.9 Å². The third-order valence-corrected chi connectivity index (χ3v) is 9.24. The summed E-state index contributed by atoms with van der Waals surface area (Å²) in [6.45, 7) is 6.91. The molecule has 0 bridgehead atoms. The zero-order chi connectivity index (χ0) is 30.9. The highest BCUT2D eigenvalue weighted by molar-refractivity contribution is 5.84. The van der Waals surface area contributed by atoms with Crippen LogP contribution >= 0.6 is 0 Å². The number of ether oxygens (including phenoxy) is 3. The number of benzene rings is 3. The normalized spacial score (nSPS) is 13.1. The van der Waals surface area contributed by atoms with Crippen LogP contribution in [-0.2, 0) is 14.9 Å². The number of para-hydroxylation sites is 1. The van der Waals surface area contributed by atoms with Crippen LogP contribution in [0.25, 0.3) is 11.1 Å². The van der Waals surface area contributed by atoms with Gasteiger partial charge in [0.1, 0.15) is 12.4 Å². The molecule has 0 aromatic heterocycles. The summed E-state index contributed by atoms with van der Waals surface area (Å²) in [7, 11) is 1.70. The zero-order valence-electron chi connectivity index (χ0n) is 27.8. The lowest BCUT2D eigenvalue weighted by Crippen LogP contribution is -2.26. The standard InChI is InChI=1S/C40H57NO3/c1-4-6-8-10-12-17-25-40(26-18-13-11-9-7-5-2)38-31-34(41-33-19-15-14-16-20-33)21-23-36(38)37-24-22-35(32-39(37)40)44-30-29-43-28-27-42-3/h14-16,19-24,31-32,41H,4-13,17-18,25-30H2,1-3H3. The molecule has 0 aliphatic heterocycles. The largest absolute Gasteiger partial charge is 0.491 e. The second-order valence-electron chi connectivity index (χ2n) is 12.5. The van der Waals surface area contributed by atoms with Crippen molar-refractivity contribution in [3.63, 3.8) is 0 Å². The van der Waals surface area contributed by atoms with Crippen molar-refractivity contribution >= 4 is 11.4 Å². The number of fused-ring (bicyclic) bond motifs is 3. The predicted octanol–water partition coefficient (Wildman–Crippen LogP) is 11.2. The molecule has 0 fully saturated rings. The van der Waals surface area contributed by atoms with Gasteiger partial charge in [-0.15, -0.1) is 0 Å². The van der Waals surface area contributed by atoms with E-state index in [-0.39, 0.29) is 5.41 Å². The van der Waals surface area contributed by atoms with Gasteiger partial charge in [0, 0.05) is 23.9 Å². The topological polar surface area (TPSA) is 39.7 Å². The minimum absolute atomic E-state index is 0.00287. The van der Waals surface area contributed by atoms with Crippen LogP contribution in [-0.4, -0.2) is 33.5 Å². The fourth-order valence-electron chi connectivity index (χ4n) is 6.87. The van der Waals surface area contributed by atoms with Gasteiger partial charge in [-0.2, -0.15) is 0 Å². The smallest absolute Gasteiger partial charge is 0.119 e. The van der Waals surface area contributed by atoms with E-state index in [4.69, 9.17) is 14.2 Å². The van der Waals surface area contributed by atoms with Crippen LogP contribution in [0.3, 0.4) is 0 Å². The molecule has 4 heteroatoms. The molecule has 4 nitrogen and oxygen atoms in total. The van der Waals surface area contributed by atoms with Gasteiger partial charge < -0.3 is 19.5 Å². The van der Waals surface area contributed by atoms with E-state index in [1.54, 1.807) is 7.11 Å². The Morgan fingerprint density at radius 3 is 1.82 bits per heavy atom. The molecule has 3 aromatic carbocycles. The molecule has 3 aromatic rings. The molecule has 240 valence electrons. The van der Waals surface area contributed by atoms with Crippen molar-refractivity contribution in [3.05, 3.63) is 77.9 Å². The van der Waals surface area contributed by atoms with Crippen molar-refractivity contribution in [1.82, 2.24) is 0 Å². The monoisotopic (exact) mass is 599 g/mol. The van der Waals surface area contributed by atoms with Gasteiger partial charge in [-0.3, -0.25) is 0 Å². The molecule has 0 saturated heterocycles. The average Bonchev–Trinajstić information content (AvgIpc) is 3.31. The second-order valence-corrected chi connectivity index (χ2v) is 12.5. The molecule has 0 saturated carbocycles. The number of methoxy groups -OCH3 is 1. The van der Waals surface area contributed by atoms with Crippen LogP contribution in [0.15, 0.2) is 66.7 Å². The number of hydrogen-bond acceptors (Lipinski definition) is 4. The van der Waals surface area contributed by atoms with E-state index in [0.717, 1.165) is 11.4 Å². The third kappa shape index (κ3) is 9.59. The molecule has 0 spiro atoms. The van der Waals surface area contributed by atoms with Gasteiger partial charge in [-0.05, 0) is 71.5 Å². The van der Waals surface area contributed by atoms with Gasteiger partial charge in [0.15, 0.2) is 0 Å². The second kappa shape index (κ2) is 18.9. The van der Waals surface area contributed by atoms with Crippen molar-refractivity contribution in [1.29, 1.82) is 0 Å². The molecule has 1 N–H and O–H groups in total. The Bertz CT molecular complexity index is 1210. The Balaban J connectivity index is 1.63. The Hall–Kier alpha value is -2.82. The summed E-state index contributed by atoms with van der Waals surface area (Å²) in [5.41, 5.74) is 8.03. The van der Waals surface area contributed by atoms with Crippen molar-refractivity contribution < 1.29 is 14.2 Å². The zero-order valence-corrected chi connectivity index (χ0v) is 27.8. The SMILES string of the molecule is CCCCCCCCC1(CCCCCCCC)c2cc(Nc3ccccc3)ccc2-c2ccc(OCCOCCOC)cc21. The number of nitrogens with one attached hydrogen (secondary N) is 1. The molecule has 1 aliphatic carbocycles. The Labute approximate surface area is 267 Å². The summed E-state index contributed by atoms with van der Waals surface area (Å²) < 4.78 is 17.0. The lowest BCUT2D eigenvalue weighted by atomic mass is 9.70. The lowest BCUT2D eigenvalue weighted by molar-refractivity contribution is 0.0544. The van der Waals surface area contributed by atoms with Crippen LogP contribution in [0.4, 0.5) is 11.4 Å². The Morgan fingerprint density at radius 1 is 0.568 bits per heavy atom. The summed E-state index contributed by atoms with van der Waals surface area (Å²) in [6.07, 6.45) is 18.1. The van der Waals surface area contributed by atoms with Gasteiger partial charge in [0.25, 0.3) is 0 Å². The third-order valence-electron chi connectivity index (χ3n) is 9.24. The fourth-order valence-corrected chi connectivity index (χ4v) is 6.87. The van der Waals surface area contributed by atoms with E-state index in [9.17, 15) is 0 Å². The van der Waals surface area contributed by atoms with E-state index in [1.165, 1.54) is 118 Å². The Morgan fingerprint density at radius 2 is 1.16 bits per heavy atom. The van der Waals surface area contributed by atoms with Crippen LogP contribution in [0.2, 0.25) is 0 Å². The van der Waals surface area contributed by atoms with E-state index in [2.05, 4.69) is 85.9 Å². The van der Waals surface area contributed by atoms with Crippen LogP contribution in [0.5, 0.6) is 5.75 Å². The molecule has 0 amide bonds. The highest BCUT2D eigenvalue weighted by Gasteiger charge is 2.42. The summed E-state index contributed by atoms with van der Waals surface area (Å²) in [6, 6.07) is 24.4. The fraction of sp³-hybridized carbons (Fsp3) is 0.550. The molecule has 0 radical (unpaired) electrons. The maximum absolute atomic E-state index is 6.27. The molecular formula is C40H57NO3. The first-order chi connectivity index (χ1) is 21.7. The van der Waals surface area contributed by atoms with E-state index < -0.39 is 0 Å². The first-order valence-electron chi connectivity index (χ1n) is 17.5. The quantitative estimate of drug-likeness (QED) is 0.110. The molecule has 44 heavy (non-hydrogen) atoms. The van der Waals surface area contributed by atoms with Crippen molar-refractivity contribution in [2.24, 2.45) is 0 Å². The van der Waals surface area contributed by atoms with Crippen LogP contribution in [0, 0.1) is 0 Å². The minimum atomic E-state index is 0.00287. The highest BCUT2D eigenvalue weighted by atomic mass is 16.5. The number of unbranched alkanes of at least 4 members (excludes halogenated alkanes) is 10. The molecule has 0 unspecified atom stereocenters. The maximum Gasteiger partial charge on any atom is 0.119 e. The molecule has 1 aliphatic rings. The summed E-state index contributed by atoms with van der Waals surface area (Å²) in [5.74, 6) is 0.949. The average molecular weight is 600 g/mol. The molecular weight excluding hydrogens is 542 g/mol. The summed E-state index contributed by atoms with van der Waals surface area (Å²) in [5, 5.41) is 3.69. The lowest BCUT2D eigenvalue weighted by Gasteiger charge is -2.33. The van der Waals surface area contributed by atoms with Gasteiger partial charge in [0.2, 0.25) is 0 Å². The van der Waals surface area contributed by atoms with Gasteiger partial charge in [-0.25, -0.2) is 0 Å². The van der Waals surface area contributed by atoms with Crippen molar-refractivity contribution in [3.8, 4) is 16.9 Å². The molecule has 4 rings (SSSR count). The first kappa shape index (κ1) is 34.1. The van der Waals surface area contributed by atoms with Crippen LogP contribution in [0.1, 0.15) is 115 Å². The maximum atomic E-state index is 6.27. The van der Waals surface area contributed by atoms with Gasteiger partial charge >= 0.3 is 0 Å². The predicted molar refractivity (Wildman–Crippen MR) is 187 cm³/mol. The minimum Gasteiger partial charge on any atom is -0.491 e.